The summed E-state index contributed by atoms with van der Waals surface area (Å²) in [6.07, 6.45) is 1.55. The summed E-state index contributed by atoms with van der Waals surface area (Å²) >= 11 is 6.52. The molecule has 110 valence electrons. The average molecular weight is 303 g/mol. The van der Waals surface area contributed by atoms with E-state index in [1.54, 1.807) is 12.1 Å². The summed E-state index contributed by atoms with van der Waals surface area (Å²) in [7, 11) is 0. The first-order valence-electron chi connectivity index (χ1n) is 7.23. The van der Waals surface area contributed by atoms with Crippen molar-refractivity contribution in [2.45, 2.75) is 43.7 Å². The van der Waals surface area contributed by atoms with Gasteiger partial charge in [-0.1, -0.05) is 18.6 Å². The van der Waals surface area contributed by atoms with Gasteiger partial charge in [0.2, 0.25) is 0 Å². The number of fused-ring (bicyclic) bond motifs is 2. The van der Waals surface area contributed by atoms with Crippen LogP contribution in [0.1, 0.15) is 36.8 Å². The molecule has 0 radical (unpaired) electrons. The Bertz CT molecular complexity index is 466. The van der Waals surface area contributed by atoms with Gasteiger partial charge < -0.3 is 0 Å². The van der Waals surface area contributed by atoms with Crippen LogP contribution in [-0.2, 0) is 12.6 Å². The van der Waals surface area contributed by atoms with Crippen LogP contribution in [0.15, 0.2) is 24.3 Å². The lowest BCUT2D eigenvalue weighted by atomic mass is 9.84. The van der Waals surface area contributed by atoms with Gasteiger partial charge in [0.25, 0.3) is 0 Å². The molecule has 2 saturated carbocycles. The smallest absolute Gasteiger partial charge is 0.166 e. The molecule has 3 rings (SSSR count). The molecule has 4 heteroatoms. The van der Waals surface area contributed by atoms with Crippen molar-refractivity contribution in [2.24, 2.45) is 17.8 Å². The Hall–Kier alpha value is -0.700. The van der Waals surface area contributed by atoms with E-state index in [1.807, 2.05) is 0 Å². The van der Waals surface area contributed by atoms with Crippen LogP contribution in [0, 0.1) is 17.8 Å². The molecule has 0 aliphatic heterocycles. The number of hydrogen-bond donors (Lipinski definition) is 0. The monoisotopic (exact) mass is 302 g/mol. The molecule has 1 aromatic rings. The van der Waals surface area contributed by atoms with E-state index in [1.165, 1.54) is 25.7 Å². The minimum Gasteiger partial charge on any atom is -0.166 e. The second kappa shape index (κ2) is 5.25. The third kappa shape index (κ3) is 2.83. The maximum atomic E-state index is 12.5. The summed E-state index contributed by atoms with van der Waals surface area (Å²) in [5, 5.41) is 0.0574. The number of rotatable bonds is 3. The lowest BCUT2D eigenvalue weighted by molar-refractivity contribution is -0.137. The SMILES string of the molecule is FC(F)(F)c1ccc(CC(Cl)C2CC3CCC2C3)cc1. The fourth-order valence-corrected chi connectivity index (χ4v) is 4.43. The van der Waals surface area contributed by atoms with E-state index in [0.717, 1.165) is 29.5 Å². The minimum atomic E-state index is -4.26. The molecule has 4 unspecified atom stereocenters. The van der Waals surface area contributed by atoms with Gasteiger partial charge in [0.15, 0.2) is 0 Å². The van der Waals surface area contributed by atoms with Crippen molar-refractivity contribution >= 4 is 11.6 Å². The van der Waals surface area contributed by atoms with Gasteiger partial charge in [-0.15, -0.1) is 11.6 Å². The molecular weight excluding hydrogens is 285 g/mol. The fourth-order valence-electron chi connectivity index (χ4n) is 3.94. The second-order valence-corrected chi connectivity index (χ2v) is 6.81. The Balaban J connectivity index is 1.63. The van der Waals surface area contributed by atoms with E-state index < -0.39 is 11.7 Å². The first-order valence-corrected chi connectivity index (χ1v) is 7.67. The standard InChI is InChI=1S/C16H18ClF3/c17-15(14-8-11-1-4-12(14)7-11)9-10-2-5-13(6-3-10)16(18,19)20/h2-3,5-6,11-12,14-15H,1,4,7-9H2. The lowest BCUT2D eigenvalue weighted by Gasteiger charge is -2.26. The summed E-state index contributed by atoms with van der Waals surface area (Å²) in [5.74, 6) is 2.15. The zero-order chi connectivity index (χ0) is 14.3. The topological polar surface area (TPSA) is 0 Å². The van der Waals surface area contributed by atoms with Gasteiger partial charge in [-0.3, -0.25) is 0 Å². The van der Waals surface area contributed by atoms with Crippen LogP contribution in [-0.4, -0.2) is 5.38 Å². The molecule has 0 aromatic heterocycles. The highest BCUT2D eigenvalue weighted by Gasteiger charge is 2.42. The first-order chi connectivity index (χ1) is 9.43. The van der Waals surface area contributed by atoms with Crippen molar-refractivity contribution < 1.29 is 13.2 Å². The molecule has 2 aliphatic rings. The second-order valence-electron chi connectivity index (χ2n) is 6.25. The van der Waals surface area contributed by atoms with Crippen molar-refractivity contribution in [3.05, 3.63) is 35.4 Å². The first kappa shape index (κ1) is 14.2. The van der Waals surface area contributed by atoms with Crippen LogP contribution < -0.4 is 0 Å². The molecule has 0 heterocycles. The summed E-state index contributed by atoms with van der Waals surface area (Å²) < 4.78 is 37.5. The van der Waals surface area contributed by atoms with E-state index in [4.69, 9.17) is 11.6 Å². The van der Waals surface area contributed by atoms with Gasteiger partial charge in [-0.25, -0.2) is 0 Å². The van der Waals surface area contributed by atoms with Crippen LogP contribution in [0.5, 0.6) is 0 Å². The zero-order valence-corrected chi connectivity index (χ0v) is 11.9. The quantitative estimate of drug-likeness (QED) is 0.665. The molecule has 20 heavy (non-hydrogen) atoms. The largest absolute Gasteiger partial charge is 0.416 e. The molecule has 2 fully saturated rings. The molecule has 0 amide bonds. The van der Waals surface area contributed by atoms with Crippen LogP contribution in [0.2, 0.25) is 0 Å². The summed E-state index contributed by atoms with van der Waals surface area (Å²) in [6.45, 7) is 0. The van der Waals surface area contributed by atoms with Crippen LogP contribution in [0.3, 0.4) is 0 Å². The van der Waals surface area contributed by atoms with Gasteiger partial charge in [-0.05, 0) is 61.1 Å². The number of halogens is 4. The Morgan fingerprint density at radius 1 is 1.10 bits per heavy atom. The van der Waals surface area contributed by atoms with Crippen molar-refractivity contribution in [2.75, 3.05) is 0 Å². The van der Waals surface area contributed by atoms with E-state index in [9.17, 15) is 13.2 Å². The van der Waals surface area contributed by atoms with Crippen molar-refractivity contribution in [1.82, 2.24) is 0 Å². The zero-order valence-electron chi connectivity index (χ0n) is 11.2. The Kier molecular flexibility index (Phi) is 3.74. The van der Waals surface area contributed by atoms with E-state index in [0.29, 0.717) is 12.3 Å². The van der Waals surface area contributed by atoms with Crippen LogP contribution in [0.25, 0.3) is 0 Å². The third-order valence-electron chi connectivity index (χ3n) is 4.97. The van der Waals surface area contributed by atoms with Crippen LogP contribution in [0.4, 0.5) is 13.2 Å². The van der Waals surface area contributed by atoms with Crippen molar-refractivity contribution in [1.29, 1.82) is 0 Å². The van der Waals surface area contributed by atoms with Gasteiger partial charge in [0.05, 0.1) is 5.56 Å². The predicted octanol–water partition coefficient (Wildman–Crippen LogP) is 5.29. The highest BCUT2D eigenvalue weighted by Crippen LogP contribution is 2.51. The fraction of sp³-hybridized carbons (Fsp3) is 0.625. The Labute approximate surface area is 122 Å². The lowest BCUT2D eigenvalue weighted by Crippen LogP contribution is -2.23. The molecule has 2 aliphatic carbocycles. The highest BCUT2D eigenvalue weighted by molar-refractivity contribution is 6.21. The van der Waals surface area contributed by atoms with E-state index >= 15 is 0 Å². The maximum absolute atomic E-state index is 12.5. The number of alkyl halides is 4. The van der Waals surface area contributed by atoms with E-state index in [-0.39, 0.29) is 5.38 Å². The molecule has 1 aromatic carbocycles. The summed E-state index contributed by atoms with van der Waals surface area (Å²) in [5.41, 5.74) is 0.313. The number of hydrogen-bond acceptors (Lipinski definition) is 0. The van der Waals surface area contributed by atoms with Crippen LogP contribution >= 0.6 is 11.6 Å². The maximum Gasteiger partial charge on any atom is 0.416 e. The molecule has 2 bridgehead atoms. The Morgan fingerprint density at radius 2 is 1.80 bits per heavy atom. The molecule has 0 nitrogen and oxygen atoms in total. The molecule has 0 spiro atoms. The van der Waals surface area contributed by atoms with Gasteiger partial charge >= 0.3 is 6.18 Å². The normalized spacial score (nSPS) is 30.7. The Morgan fingerprint density at radius 3 is 2.30 bits per heavy atom. The molecular formula is C16H18ClF3. The molecule has 4 atom stereocenters. The van der Waals surface area contributed by atoms with Crippen molar-refractivity contribution in [3.63, 3.8) is 0 Å². The van der Waals surface area contributed by atoms with Crippen molar-refractivity contribution in [3.8, 4) is 0 Å². The highest BCUT2D eigenvalue weighted by atomic mass is 35.5. The average Bonchev–Trinajstić information content (AvgIpc) is 3.00. The van der Waals surface area contributed by atoms with Gasteiger partial charge in [0, 0.05) is 5.38 Å². The van der Waals surface area contributed by atoms with Gasteiger partial charge in [0.1, 0.15) is 0 Å². The molecule has 0 N–H and O–H groups in total. The predicted molar refractivity (Wildman–Crippen MR) is 73.7 cm³/mol. The minimum absolute atomic E-state index is 0.0574. The van der Waals surface area contributed by atoms with Gasteiger partial charge in [-0.2, -0.15) is 13.2 Å². The summed E-state index contributed by atoms with van der Waals surface area (Å²) in [6, 6.07) is 5.43. The molecule has 0 saturated heterocycles. The third-order valence-corrected chi connectivity index (χ3v) is 5.45. The summed E-state index contributed by atoms with van der Waals surface area (Å²) in [4.78, 5) is 0. The number of benzene rings is 1. The van der Waals surface area contributed by atoms with E-state index in [2.05, 4.69) is 0 Å².